The van der Waals surface area contributed by atoms with Crippen molar-refractivity contribution in [2.75, 3.05) is 19.8 Å². The van der Waals surface area contributed by atoms with E-state index in [2.05, 4.69) is 12.2 Å². The summed E-state index contributed by atoms with van der Waals surface area (Å²) in [6.45, 7) is 4.64. The predicted molar refractivity (Wildman–Crippen MR) is 55.2 cm³/mol. The Labute approximate surface area is 85.8 Å². The van der Waals surface area contributed by atoms with Crippen LogP contribution in [0.15, 0.2) is 0 Å². The van der Waals surface area contributed by atoms with Gasteiger partial charge in [-0.25, -0.2) is 0 Å². The molecule has 3 nitrogen and oxygen atoms in total. The van der Waals surface area contributed by atoms with Crippen LogP contribution >= 0.6 is 0 Å². The molecule has 1 aliphatic heterocycles. The lowest BCUT2D eigenvalue weighted by atomic mass is 9.79. The monoisotopic (exact) mass is 199 g/mol. The van der Waals surface area contributed by atoms with E-state index in [1.807, 2.05) is 0 Å². The molecule has 1 saturated carbocycles. The van der Waals surface area contributed by atoms with Crippen LogP contribution in [0.1, 0.15) is 32.6 Å². The van der Waals surface area contributed by atoms with E-state index in [-0.39, 0.29) is 0 Å². The maximum Gasteiger partial charge on any atom is 0.0771 e. The Morgan fingerprint density at radius 1 is 1.36 bits per heavy atom. The Morgan fingerprint density at radius 3 is 2.50 bits per heavy atom. The van der Waals surface area contributed by atoms with Crippen molar-refractivity contribution in [3.8, 4) is 0 Å². The summed E-state index contributed by atoms with van der Waals surface area (Å²) in [6.07, 6.45) is 4.24. The molecule has 0 amide bonds. The molecule has 1 saturated heterocycles. The number of rotatable bonds is 3. The fourth-order valence-electron chi connectivity index (χ4n) is 2.16. The molecule has 0 spiro atoms. The maximum atomic E-state index is 10.3. The largest absolute Gasteiger partial charge is 0.389 e. The Bertz CT molecular complexity index is 184. The second kappa shape index (κ2) is 4.17. The Morgan fingerprint density at radius 2 is 2.00 bits per heavy atom. The first-order chi connectivity index (χ1) is 6.68. The van der Waals surface area contributed by atoms with Gasteiger partial charge in [0, 0.05) is 6.54 Å². The van der Waals surface area contributed by atoms with Crippen LogP contribution in [0.2, 0.25) is 0 Å². The summed E-state index contributed by atoms with van der Waals surface area (Å²) in [6, 6.07) is 0.485. The van der Waals surface area contributed by atoms with Crippen molar-refractivity contribution in [1.29, 1.82) is 0 Å². The molecule has 2 rings (SSSR count). The Hall–Kier alpha value is -0.120. The first-order valence-electron chi connectivity index (χ1n) is 5.71. The first kappa shape index (κ1) is 10.4. The topological polar surface area (TPSA) is 41.5 Å². The highest BCUT2D eigenvalue weighted by Crippen LogP contribution is 2.31. The summed E-state index contributed by atoms with van der Waals surface area (Å²) in [5.41, 5.74) is -0.442. The van der Waals surface area contributed by atoms with Gasteiger partial charge in [-0.2, -0.15) is 0 Å². The van der Waals surface area contributed by atoms with Crippen LogP contribution in [0.4, 0.5) is 0 Å². The van der Waals surface area contributed by atoms with Gasteiger partial charge in [-0.3, -0.25) is 0 Å². The lowest BCUT2D eigenvalue weighted by molar-refractivity contribution is -0.0392. The minimum absolute atomic E-state index is 0.442. The lowest BCUT2D eigenvalue weighted by Gasteiger charge is -2.37. The summed E-state index contributed by atoms with van der Waals surface area (Å²) >= 11 is 0. The van der Waals surface area contributed by atoms with E-state index < -0.39 is 5.60 Å². The standard InChI is InChI=1S/C11H21NO2/c1-9-2-4-11(13,5-3-9)8-12-10-6-14-7-10/h9-10,12-13H,2-8H2,1H3. The highest BCUT2D eigenvalue weighted by atomic mass is 16.5. The molecule has 0 radical (unpaired) electrons. The van der Waals surface area contributed by atoms with E-state index in [0.717, 1.165) is 38.5 Å². The van der Waals surface area contributed by atoms with Crippen LogP contribution in [0.5, 0.6) is 0 Å². The van der Waals surface area contributed by atoms with Gasteiger partial charge < -0.3 is 15.2 Å². The van der Waals surface area contributed by atoms with E-state index in [0.29, 0.717) is 6.04 Å². The minimum Gasteiger partial charge on any atom is -0.389 e. The molecular weight excluding hydrogens is 178 g/mol. The molecule has 2 N–H and O–H groups in total. The highest BCUT2D eigenvalue weighted by molar-refractivity contribution is 4.88. The third kappa shape index (κ3) is 2.47. The number of ether oxygens (including phenoxy) is 1. The van der Waals surface area contributed by atoms with Gasteiger partial charge >= 0.3 is 0 Å². The summed E-state index contributed by atoms with van der Waals surface area (Å²) in [4.78, 5) is 0. The third-order valence-corrected chi connectivity index (χ3v) is 3.56. The van der Waals surface area contributed by atoms with E-state index in [4.69, 9.17) is 4.74 Å². The molecule has 1 aliphatic carbocycles. The van der Waals surface area contributed by atoms with E-state index in [1.54, 1.807) is 0 Å². The van der Waals surface area contributed by atoms with Gasteiger partial charge in [-0.05, 0) is 31.6 Å². The summed E-state index contributed by atoms with van der Waals surface area (Å²) in [7, 11) is 0. The fourth-order valence-corrected chi connectivity index (χ4v) is 2.16. The van der Waals surface area contributed by atoms with Crippen LogP contribution in [0.3, 0.4) is 0 Å². The van der Waals surface area contributed by atoms with Crippen LogP contribution in [-0.2, 0) is 4.74 Å². The van der Waals surface area contributed by atoms with Gasteiger partial charge in [-0.1, -0.05) is 6.92 Å². The first-order valence-corrected chi connectivity index (χ1v) is 5.71. The number of nitrogens with one attached hydrogen (secondary N) is 1. The fraction of sp³-hybridized carbons (Fsp3) is 1.00. The Balaban J connectivity index is 1.71. The van der Waals surface area contributed by atoms with Gasteiger partial charge in [0.1, 0.15) is 0 Å². The molecule has 0 atom stereocenters. The van der Waals surface area contributed by atoms with E-state index >= 15 is 0 Å². The van der Waals surface area contributed by atoms with Gasteiger partial charge in [0.05, 0.1) is 24.9 Å². The van der Waals surface area contributed by atoms with Crippen LogP contribution in [0.25, 0.3) is 0 Å². The van der Waals surface area contributed by atoms with Crippen molar-refractivity contribution in [1.82, 2.24) is 5.32 Å². The average molecular weight is 199 g/mol. The van der Waals surface area contributed by atoms with Crippen molar-refractivity contribution >= 4 is 0 Å². The number of aliphatic hydroxyl groups is 1. The summed E-state index contributed by atoms with van der Waals surface area (Å²) < 4.78 is 5.08. The molecule has 14 heavy (non-hydrogen) atoms. The van der Waals surface area contributed by atoms with Crippen molar-refractivity contribution in [3.63, 3.8) is 0 Å². The van der Waals surface area contributed by atoms with Crippen molar-refractivity contribution in [3.05, 3.63) is 0 Å². The molecular formula is C11H21NO2. The lowest BCUT2D eigenvalue weighted by Crippen LogP contribution is -2.52. The molecule has 1 heterocycles. The molecule has 2 aliphatic rings. The summed E-state index contributed by atoms with van der Waals surface area (Å²) in [5, 5.41) is 13.6. The Kier molecular flexibility index (Phi) is 3.10. The van der Waals surface area contributed by atoms with Gasteiger partial charge in [0.15, 0.2) is 0 Å². The SMILES string of the molecule is CC1CCC(O)(CNC2COC2)CC1. The average Bonchev–Trinajstić information content (AvgIpc) is 2.08. The smallest absolute Gasteiger partial charge is 0.0771 e. The van der Waals surface area contributed by atoms with Gasteiger partial charge in [0.25, 0.3) is 0 Å². The predicted octanol–water partition coefficient (Wildman–Crippen LogP) is 0.916. The summed E-state index contributed by atoms with van der Waals surface area (Å²) in [5.74, 6) is 0.794. The number of hydrogen-bond donors (Lipinski definition) is 2. The quantitative estimate of drug-likeness (QED) is 0.710. The van der Waals surface area contributed by atoms with Crippen LogP contribution < -0.4 is 5.32 Å². The zero-order chi connectivity index (χ0) is 10.0. The molecule has 82 valence electrons. The molecule has 2 fully saturated rings. The number of hydrogen-bond acceptors (Lipinski definition) is 3. The highest BCUT2D eigenvalue weighted by Gasteiger charge is 2.32. The zero-order valence-electron chi connectivity index (χ0n) is 8.96. The van der Waals surface area contributed by atoms with E-state index in [1.165, 1.54) is 12.8 Å². The molecule has 0 aromatic rings. The molecule has 3 heteroatoms. The van der Waals surface area contributed by atoms with Gasteiger partial charge in [-0.15, -0.1) is 0 Å². The normalized spacial score (nSPS) is 39.4. The molecule has 0 bridgehead atoms. The molecule has 0 aromatic carbocycles. The van der Waals surface area contributed by atoms with Crippen molar-refractivity contribution in [2.45, 2.75) is 44.2 Å². The van der Waals surface area contributed by atoms with Crippen LogP contribution in [0, 0.1) is 5.92 Å². The molecule has 0 aromatic heterocycles. The third-order valence-electron chi connectivity index (χ3n) is 3.56. The minimum atomic E-state index is -0.442. The molecule has 0 unspecified atom stereocenters. The van der Waals surface area contributed by atoms with Crippen molar-refractivity contribution in [2.24, 2.45) is 5.92 Å². The maximum absolute atomic E-state index is 10.3. The second-order valence-electron chi connectivity index (χ2n) is 5.02. The van der Waals surface area contributed by atoms with Gasteiger partial charge in [0.2, 0.25) is 0 Å². The zero-order valence-corrected chi connectivity index (χ0v) is 8.96. The second-order valence-corrected chi connectivity index (χ2v) is 5.02. The van der Waals surface area contributed by atoms with Crippen molar-refractivity contribution < 1.29 is 9.84 Å². The van der Waals surface area contributed by atoms with E-state index in [9.17, 15) is 5.11 Å². The van der Waals surface area contributed by atoms with Crippen LogP contribution in [-0.4, -0.2) is 36.5 Å².